The zero-order valence-corrected chi connectivity index (χ0v) is 10.9. The molecule has 1 aliphatic heterocycles. The molecule has 0 saturated carbocycles. The van der Waals surface area contributed by atoms with Crippen LogP contribution in [-0.2, 0) is 4.79 Å². The highest BCUT2D eigenvalue weighted by Gasteiger charge is 2.23. The third kappa shape index (κ3) is 2.43. The van der Waals surface area contributed by atoms with Gasteiger partial charge >= 0.3 is 0 Å². The van der Waals surface area contributed by atoms with Crippen molar-refractivity contribution in [2.24, 2.45) is 5.92 Å². The molecule has 0 unspecified atom stereocenters. The first kappa shape index (κ1) is 11.6. The van der Waals surface area contributed by atoms with Gasteiger partial charge in [-0.25, -0.2) is 0 Å². The molecule has 1 aromatic heterocycles. The first-order valence-corrected chi connectivity index (χ1v) is 6.32. The molecule has 86 valence electrons. The lowest BCUT2D eigenvalue weighted by Gasteiger charge is -2.33. The summed E-state index contributed by atoms with van der Waals surface area (Å²) < 4.78 is 1.02. The highest BCUT2D eigenvalue weighted by Crippen LogP contribution is 2.29. The van der Waals surface area contributed by atoms with Crippen molar-refractivity contribution in [2.75, 3.05) is 18.0 Å². The fourth-order valence-corrected chi connectivity index (χ4v) is 2.65. The Kier molecular flexibility index (Phi) is 3.59. The second-order valence-corrected chi connectivity index (χ2v) is 5.05. The predicted octanol–water partition coefficient (Wildman–Crippen LogP) is 2.65. The van der Waals surface area contributed by atoms with Crippen molar-refractivity contribution in [3.05, 3.63) is 22.9 Å². The molecule has 1 fully saturated rings. The Morgan fingerprint density at radius 1 is 1.50 bits per heavy atom. The van der Waals surface area contributed by atoms with Gasteiger partial charge in [0.1, 0.15) is 5.78 Å². The van der Waals surface area contributed by atoms with E-state index in [1.54, 1.807) is 13.1 Å². The summed E-state index contributed by atoms with van der Waals surface area (Å²) in [5.41, 5.74) is 1.18. The standard InChI is InChI=1S/C12H15BrN2O/c1-9(16)10-3-6-15(7-4-10)12-2-5-14-8-11(12)13/h2,5,8,10H,3-4,6-7H2,1H3. The predicted molar refractivity (Wildman–Crippen MR) is 67.6 cm³/mol. The van der Waals surface area contributed by atoms with Crippen molar-refractivity contribution >= 4 is 27.4 Å². The molecule has 1 aliphatic rings. The maximum Gasteiger partial charge on any atom is 0.133 e. The topological polar surface area (TPSA) is 33.2 Å². The van der Waals surface area contributed by atoms with Crippen LogP contribution in [-0.4, -0.2) is 23.9 Å². The Balaban J connectivity index is 2.05. The summed E-state index contributed by atoms with van der Waals surface area (Å²) in [5, 5.41) is 0. The van der Waals surface area contributed by atoms with Crippen LogP contribution in [0, 0.1) is 5.92 Å². The van der Waals surface area contributed by atoms with Crippen LogP contribution in [0.2, 0.25) is 0 Å². The van der Waals surface area contributed by atoms with Gasteiger partial charge in [0.15, 0.2) is 0 Å². The molecule has 1 aromatic rings. The van der Waals surface area contributed by atoms with Crippen molar-refractivity contribution in [3.63, 3.8) is 0 Å². The van der Waals surface area contributed by atoms with E-state index in [1.807, 2.05) is 12.3 Å². The van der Waals surface area contributed by atoms with Gasteiger partial charge in [-0.2, -0.15) is 0 Å². The third-order valence-electron chi connectivity index (χ3n) is 3.16. The van der Waals surface area contributed by atoms with Crippen LogP contribution in [0.3, 0.4) is 0 Å². The van der Waals surface area contributed by atoms with Crippen LogP contribution in [0.25, 0.3) is 0 Å². The van der Waals surface area contributed by atoms with E-state index >= 15 is 0 Å². The summed E-state index contributed by atoms with van der Waals surface area (Å²) in [6, 6.07) is 2.01. The van der Waals surface area contributed by atoms with Crippen LogP contribution in [0.1, 0.15) is 19.8 Å². The Bertz CT molecular complexity index is 386. The van der Waals surface area contributed by atoms with E-state index in [0.29, 0.717) is 5.78 Å². The lowest BCUT2D eigenvalue weighted by molar-refractivity contribution is -0.121. The molecule has 0 amide bonds. The maximum atomic E-state index is 11.3. The maximum absolute atomic E-state index is 11.3. The number of halogens is 1. The smallest absolute Gasteiger partial charge is 0.133 e. The van der Waals surface area contributed by atoms with Gasteiger partial charge in [0.05, 0.1) is 10.2 Å². The van der Waals surface area contributed by atoms with E-state index in [2.05, 4.69) is 25.8 Å². The minimum absolute atomic E-state index is 0.261. The molecule has 3 nitrogen and oxygen atoms in total. The monoisotopic (exact) mass is 282 g/mol. The molecule has 0 bridgehead atoms. The lowest BCUT2D eigenvalue weighted by Crippen LogP contribution is -2.35. The highest BCUT2D eigenvalue weighted by molar-refractivity contribution is 9.10. The SMILES string of the molecule is CC(=O)C1CCN(c2ccncc2Br)CC1. The summed E-state index contributed by atoms with van der Waals surface area (Å²) in [5.74, 6) is 0.588. The molecule has 1 saturated heterocycles. The molecule has 0 atom stereocenters. The molecule has 0 aliphatic carbocycles. The molecular formula is C12H15BrN2O. The lowest BCUT2D eigenvalue weighted by atomic mass is 9.93. The van der Waals surface area contributed by atoms with Gasteiger partial charge in [0.25, 0.3) is 0 Å². The van der Waals surface area contributed by atoms with Gasteiger partial charge in [0.2, 0.25) is 0 Å². The van der Waals surface area contributed by atoms with Crippen molar-refractivity contribution in [3.8, 4) is 0 Å². The molecule has 4 heteroatoms. The molecule has 0 N–H and O–H groups in total. The molecule has 16 heavy (non-hydrogen) atoms. The van der Waals surface area contributed by atoms with Crippen molar-refractivity contribution in [2.45, 2.75) is 19.8 Å². The van der Waals surface area contributed by atoms with E-state index in [0.717, 1.165) is 30.4 Å². The number of carbonyl (C=O) groups excluding carboxylic acids is 1. The average Bonchev–Trinajstić information content (AvgIpc) is 2.30. The Labute approximate surface area is 104 Å². The number of ketones is 1. The fourth-order valence-electron chi connectivity index (χ4n) is 2.15. The number of rotatable bonds is 2. The molecule has 0 spiro atoms. The number of hydrogen-bond donors (Lipinski definition) is 0. The largest absolute Gasteiger partial charge is 0.370 e. The van der Waals surface area contributed by atoms with Gasteiger partial charge < -0.3 is 4.90 Å². The quantitative estimate of drug-likeness (QED) is 0.836. The van der Waals surface area contributed by atoms with Crippen LogP contribution in [0.4, 0.5) is 5.69 Å². The van der Waals surface area contributed by atoms with Crippen LogP contribution in [0.15, 0.2) is 22.9 Å². The van der Waals surface area contributed by atoms with E-state index in [4.69, 9.17) is 0 Å². The van der Waals surface area contributed by atoms with Crippen molar-refractivity contribution in [1.29, 1.82) is 0 Å². The fraction of sp³-hybridized carbons (Fsp3) is 0.500. The number of pyridine rings is 1. The van der Waals surface area contributed by atoms with Gasteiger partial charge in [-0.15, -0.1) is 0 Å². The first-order chi connectivity index (χ1) is 7.68. The summed E-state index contributed by atoms with van der Waals surface area (Å²) >= 11 is 3.50. The second-order valence-electron chi connectivity index (χ2n) is 4.20. The van der Waals surface area contributed by atoms with Gasteiger partial charge in [0, 0.05) is 31.4 Å². The van der Waals surface area contributed by atoms with E-state index in [1.165, 1.54) is 5.69 Å². The number of carbonyl (C=O) groups is 1. The summed E-state index contributed by atoms with van der Waals surface area (Å²) in [4.78, 5) is 17.6. The second kappa shape index (κ2) is 4.95. The summed E-state index contributed by atoms with van der Waals surface area (Å²) in [6.07, 6.45) is 5.54. The third-order valence-corrected chi connectivity index (χ3v) is 3.77. The molecule has 0 radical (unpaired) electrons. The number of anilines is 1. The van der Waals surface area contributed by atoms with Crippen molar-refractivity contribution in [1.82, 2.24) is 4.98 Å². The zero-order valence-electron chi connectivity index (χ0n) is 9.32. The Morgan fingerprint density at radius 2 is 2.19 bits per heavy atom. The first-order valence-electron chi connectivity index (χ1n) is 5.53. The molecule has 2 rings (SSSR count). The highest BCUT2D eigenvalue weighted by atomic mass is 79.9. The van der Waals surface area contributed by atoms with Gasteiger partial charge in [-0.3, -0.25) is 9.78 Å². The number of hydrogen-bond acceptors (Lipinski definition) is 3. The summed E-state index contributed by atoms with van der Waals surface area (Å²) in [7, 11) is 0. The summed E-state index contributed by atoms with van der Waals surface area (Å²) in [6.45, 7) is 3.60. The van der Waals surface area contributed by atoms with E-state index in [9.17, 15) is 4.79 Å². The van der Waals surface area contributed by atoms with Crippen molar-refractivity contribution < 1.29 is 4.79 Å². The Morgan fingerprint density at radius 3 is 2.75 bits per heavy atom. The number of piperidine rings is 1. The zero-order chi connectivity index (χ0) is 11.5. The number of nitrogens with zero attached hydrogens (tertiary/aromatic N) is 2. The van der Waals surface area contributed by atoms with Crippen LogP contribution >= 0.6 is 15.9 Å². The normalized spacial score (nSPS) is 17.5. The average molecular weight is 283 g/mol. The van der Waals surface area contributed by atoms with Gasteiger partial charge in [-0.05, 0) is 41.8 Å². The van der Waals surface area contributed by atoms with Crippen LogP contribution < -0.4 is 4.90 Å². The number of aromatic nitrogens is 1. The van der Waals surface area contributed by atoms with Crippen LogP contribution in [0.5, 0.6) is 0 Å². The number of Topliss-reactive ketones (excluding diaryl/α,β-unsaturated/α-hetero) is 1. The minimum Gasteiger partial charge on any atom is -0.370 e. The Hall–Kier alpha value is -0.900. The molecule has 2 heterocycles. The van der Waals surface area contributed by atoms with E-state index in [-0.39, 0.29) is 5.92 Å². The minimum atomic E-state index is 0.261. The van der Waals surface area contributed by atoms with Gasteiger partial charge in [-0.1, -0.05) is 0 Å². The molecular weight excluding hydrogens is 268 g/mol. The van der Waals surface area contributed by atoms with E-state index < -0.39 is 0 Å². The molecule has 0 aromatic carbocycles.